The Labute approximate surface area is 94.3 Å². The number of rotatable bonds is 3. The van der Waals surface area contributed by atoms with Gasteiger partial charge in [0.2, 0.25) is 0 Å². The van der Waals surface area contributed by atoms with E-state index >= 15 is 0 Å². The third-order valence-corrected chi connectivity index (χ3v) is 2.51. The Morgan fingerprint density at radius 3 is 2.94 bits per heavy atom. The van der Waals surface area contributed by atoms with Crippen molar-refractivity contribution in [2.24, 2.45) is 5.10 Å². The Morgan fingerprint density at radius 1 is 1.50 bits per heavy atom. The third kappa shape index (κ3) is 2.05. The molecular weight excluding hydrogens is 204 g/mol. The van der Waals surface area contributed by atoms with Gasteiger partial charge in [0, 0.05) is 6.54 Å². The molecule has 0 aromatic heterocycles. The number of benzene rings is 1. The molecule has 0 spiro atoms. The number of nitrogens with zero attached hydrogens (tertiary/aromatic N) is 1. The summed E-state index contributed by atoms with van der Waals surface area (Å²) in [7, 11) is 0. The predicted molar refractivity (Wildman–Crippen MR) is 61.3 cm³/mol. The van der Waals surface area contributed by atoms with Crippen LogP contribution in [-0.4, -0.2) is 24.8 Å². The molecule has 1 unspecified atom stereocenters. The molecule has 0 amide bonds. The molecule has 1 aromatic rings. The van der Waals surface area contributed by atoms with Crippen molar-refractivity contribution in [3.05, 3.63) is 35.9 Å². The Hall–Kier alpha value is -1.84. The minimum absolute atomic E-state index is 0.000231. The fourth-order valence-corrected chi connectivity index (χ4v) is 1.75. The average molecular weight is 218 g/mol. The first-order chi connectivity index (χ1) is 7.83. The van der Waals surface area contributed by atoms with Crippen molar-refractivity contribution >= 4 is 11.7 Å². The lowest BCUT2D eigenvalue weighted by atomic mass is 9.95. The molecule has 4 nitrogen and oxygen atoms in total. The highest BCUT2D eigenvalue weighted by Crippen LogP contribution is 2.20. The molecule has 1 atom stereocenters. The molecule has 2 rings (SSSR count). The Balaban J connectivity index is 2.18. The molecule has 4 heteroatoms. The summed E-state index contributed by atoms with van der Waals surface area (Å²) in [4.78, 5) is 11.6. The minimum Gasteiger partial charge on any atom is -0.461 e. The maximum atomic E-state index is 11.6. The van der Waals surface area contributed by atoms with Gasteiger partial charge in [0.05, 0.1) is 12.5 Å². The van der Waals surface area contributed by atoms with Crippen LogP contribution >= 0.6 is 0 Å². The number of ether oxygens (including phenoxy) is 1. The summed E-state index contributed by atoms with van der Waals surface area (Å²) in [6, 6.07) is 9.85. The highest BCUT2D eigenvalue weighted by Gasteiger charge is 2.29. The summed E-state index contributed by atoms with van der Waals surface area (Å²) in [6.45, 7) is 2.82. The van der Waals surface area contributed by atoms with Crippen LogP contribution in [0.2, 0.25) is 0 Å². The summed E-state index contributed by atoms with van der Waals surface area (Å²) in [5.41, 5.74) is 4.40. The molecule has 0 saturated heterocycles. The fourth-order valence-electron chi connectivity index (χ4n) is 1.75. The first-order valence-corrected chi connectivity index (χ1v) is 5.35. The van der Waals surface area contributed by atoms with Crippen LogP contribution in [0.15, 0.2) is 35.4 Å². The number of nitrogens with one attached hydrogen (secondary N) is 1. The second-order valence-corrected chi connectivity index (χ2v) is 3.54. The molecule has 16 heavy (non-hydrogen) atoms. The number of hydrogen-bond donors (Lipinski definition) is 1. The lowest BCUT2D eigenvalue weighted by Crippen LogP contribution is -2.23. The summed E-state index contributed by atoms with van der Waals surface area (Å²) in [5, 5.41) is 4.00. The van der Waals surface area contributed by atoms with Gasteiger partial charge in [-0.15, -0.1) is 0 Å². The lowest BCUT2D eigenvalue weighted by molar-refractivity contribution is -0.135. The minimum atomic E-state index is -0.332. The molecule has 84 valence electrons. The van der Waals surface area contributed by atoms with E-state index in [0.29, 0.717) is 18.9 Å². The standard InChI is InChI=1S/C12H14N2O2/c1-2-16-12(15)11-10(8-13-14-11)9-6-4-3-5-7-9/h3-7,10,13H,2,8H2,1H3. The van der Waals surface area contributed by atoms with Gasteiger partial charge in [0.25, 0.3) is 0 Å². The van der Waals surface area contributed by atoms with Gasteiger partial charge in [-0.2, -0.15) is 5.10 Å². The Kier molecular flexibility index (Phi) is 3.19. The van der Waals surface area contributed by atoms with Gasteiger partial charge in [0.1, 0.15) is 0 Å². The quantitative estimate of drug-likeness (QED) is 0.778. The molecule has 0 aliphatic carbocycles. The van der Waals surface area contributed by atoms with Crippen LogP contribution in [0.1, 0.15) is 18.4 Å². The second kappa shape index (κ2) is 4.79. The summed E-state index contributed by atoms with van der Waals surface area (Å²) in [6.07, 6.45) is 0. The Morgan fingerprint density at radius 2 is 2.25 bits per heavy atom. The smallest absolute Gasteiger partial charge is 0.355 e. The highest BCUT2D eigenvalue weighted by molar-refractivity contribution is 6.39. The van der Waals surface area contributed by atoms with Crippen LogP contribution in [0.5, 0.6) is 0 Å². The van der Waals surface area contributed by atoms with Crippen molar-refractivity contribution in [2.45, 2.75) is 12.8 Å². The molecule has 0 fully saturated rings. The molecule has 0 saturated carbocycles. The van der Waals surface area contributed by atoms with Gasteiger partial charge >= 0.3 is 5.97 Å². The van der Waals surface area contributed by atoms with Gasteiger partial charge in [-0.05, 0) is 12.5 Å². The van der Waals surface area contributed by atoms with E-state index in [1.165, 1.54) is 0 Å². The third-order valence-electron chi connectivity index (χ3n) is 2.51. The van der Waals surface area contributed by atoms with Crippen LogP contribution in [0.4, 0.5) is 0 Å². The first-order valence-electron chi connectivity index (χ1n) is 5.35. The molecule has 0 radical (unpaired) electrons. The van der Waals surface area contributed by atoms with Crippen LogP contribution in [0.3, 0.4) is 0 Å². The first kappa shape index (κ1) is 10.7. The predicted octanol–water partition coefficient (Wildman–Crippen LogP) is 1.29. The van der Waals surface area contributed by atoms with E-state index in [1.54, 1.807) is 6.92 Å². The zero-order valence-electron chi connectivity index (χ0n) is 9.14. The number of carbonyl (C=O) groups is 1. The molecule has 1 aromatic carbocycles. The van der Waals surface area contributed by atoms with Crippen LogP contribution in [0.25, 0.3) is 0 Å². The Bertz CT molecular complexity index is 401. The zero-order valence-corrected chi connectivity index (χ0v) is 9.14. The number of esters is 1. The van der Waals surface area contributed by atoms with Crippen molar-refractivity contribution in [1.29, 1.82) is 0 Å². The van der Waals surface area contributed by atoms with Crippen LogP contribution < -0.4 is 5.43 Å². The molecule has 1 heterocycles. The largest absolute Gasteiger partial charge is 0.461 e. The summed E-state index contributed by atoms with van der Waals surface area (Å²) in [5.74, 6) is -0.332. The van der Waals surface area contributed by atoms with E-state index < -0.39 is 0 Å². The monoisotopic (exact) mass is 218 g/mol. The van der Waals surface area contributed by atoms with Gasteiger partial charge in [0.15, 0.2) is 5.71 Å². The van der Waals surface area contributed by atoms with Crippen molar-refractivity contribution < 1.29 is 9.53 Å². The second-order valence-electron chi connectivity index (χ2n) is 3.54. The van der Waals surface area contributed by atoms with E-state index in [1.807, 2.05) is 30.3 Å². The van der Waals surface area contributed by atoms with Crippen molar-refractivity contribution in [2.75, 3.05) is 13.2 Å². The van der Waals surface area contributed by atoms with Gasteiger partial charge in [-0.1, -0.05) is 30.3 Å². The van der Waals surface area contributed by atoms with E-state index in [-0.39, 0.29) is 11.9 Å². The SMILES string of the molecule is CCOC(=O)C1=NNCC1c1ccccc1. The van der Waals surface area contributed by atoms with E-state index in [4.69, 9.17) is 4.74 Å². The number of hydrazone groups is 1. The topological polar surface area (TPSA) is 50.7 Å². The zero-order chi connectivity index (χ0) is 11.4. The molecule has 1 aliphatic heterocycles. The van der Waals surface area contributed by atoms with Crippen molar-refractivity contribution in [3.8, 4) is 0 Å². The van der Waals surface area contributed by atoms with Gasteiger partial charge < -0.3 is 10.2 Å². The van der Waals surface area contributed by atoms with E-state index in [0.717, 1.165) is 5.56 Å². The van der Waals surface area contributed by atoms with E-state index in [2.05, 4.69) is 10.5 Å². The van der Waals surface area contributed by atoms with Crippen molar-refractivity contribution in [3.63, 3.8) is 0 Å². The molecule has 1 N–H and O–H groups in total. The summed E-state index contributed by atoms with van der Waals surface area (Å²) >= 11 is 0. The van der Waals surface area contributed by atoms with Gasteiger partial charge in [-0.3, -0.25) is 0 Å². The normalized spacial score (nSPS) is 18.8. The van der Waals surface area contributed by atoms with Gasteiger partial charge in [-0.25, -0.2) is 4.79 Å². The molecule has 1 aliphatic rings. The molecule has 0 bridgehead atoms. The number of carbonyl (C=O) groups excluding carboxylic acids is 1. The maximum absolute atomic E-state index is 11.6. The summed E-state index contributed by atoms with van der Waals surface area (Å²) < 4.78 is 4.97. The molecular formula is C12H14N2O2. The van der Waals surface area contributed by atoms with Crippen LogP contribution in [0, 0.1) is 0 Å². The van der Waals surface area contributed by atoms with E-state index in [9.17, 15) is 4.79 Å². The fraction of sp³-hybridized carbons (Fsp3) is 0.333. The highest BCUT2D eigenvalue weighted by atomic mass is 16.5. The lowest BCUT2D eigenvalue weighted by Gasteiger charge is -2.10. The average Bonchev–Trinajstić information content (AvgIpc) is 2.79. The maximum Gasteiger partial charge on any atom is 0.355 e. The van der Waals surface area contributed by atoms with Crippen LogP contribution in [-0.2, 0) is 9.53 Å². The van der Waals surface area contributed by atoms with Crippen molar-refractivity contribution in [1.82, 2.24) is 5.43 Å². The number of hydrogen-bond acceptors (Lipinski definition) is 4.